The molecule has 0 radical (unpaired) electrons. The van der Waals surface area contributed by atoms with Gasteiger partial charge >= 0.3 is 0 Å². The summed E-state index contributed by atoms with van der Waals surface area (Å²) >= 11 is 0. The lowest BCUT2D eigenvalue weighted by atomic mass is 9.74. The predicted molar refractivity (Wildman–Crippen MR) is 128 cm³/mol. The average molecular weight is 433 g/mol. The highest BCUT2D eigenvalue weighted by molar-refractivity contribution is 5.31. The maximum atomic E-state index is 14.9. The van der Waals surface area contributed by atoms with E-state index in [4.69, 9.17) is 9.47 Å². The second-order valence-corrected chi connectivity index (χ2v) is 10.2. The van der Waals surface area contributed by atoms with Gasteiger partial charge in [0.15, 0.2) is 0 Å². The molecule has 2 saturated carbocycles. The molecule has 1 atom stereocenters. The van der Waals surface area contributed by atoms with Crippen LogP contribution in [0, 0.1) is 23.7 Å². The van der Waals surface area contributed by atoms with Gasteiger partial charge in [-0.2, -0.15) is 0 Å². The van der Waals surface area contributed by atoms with Crippen LogP contribution in [0.15, 0.2) is 24.3 Å². The number of hydrogen-bond donors (Lipinski definition) is 0. The Bertz CT molecular complexity index is 586. The van der Waals surface area contributed by atoms with Crippen molar-refractivity contribution in [3.8, 4) is 11.5 Å². The summed E-state index contributed by atoms with van der Waals surface area (Å²) in [7, 11) is 0. The van der Waals surface area contributed by atoms with Gasteiger partial charge in [-0.1, -0.05) is 46.0 Å². The Morgan fingerprint density at radius 1 is 0.774 bits per heavy atom. The average Bonchev–Trinajstić information content (AvgIpc) is 2.80. The summed E-state index contributed by atoms with van der Waals surface area (Å²) in [6, 6.07) is 8.02. The van der Waals surface area contributed by atoms with Crippen molar-refractivity contribution in [2.75, 3.05) is 13.2 Å². The van der Waals surface area contributed by atoms with Gasteiger partial charge in [0.25, 0.3) is 0 Å². The molecule has 0 spiro atoms. The molecule has 0 aromatic heterocycles. The van der Waals surface area contributed by atoms with Crippen LogP contribution in [0.3, 0.4) is 0 Å². The van der Waals surface area contributed by atoms with E-state index in [1.807, 2.05) is 24.3 Å². The molecule has 3 rings (SSSR count). The number of ether oxygens (including phenoxy) is 2. The highest BCUT2D eigenvalue weighted by atomic mass is 19.1. The summed E-state index contributed by atoms with van der Waals surface area (Å²) in [5.74, 6) is 4.24. The Kier molecular flexibility index (Phi) is 10.5. The Labute approximate surface area is 190 Å². The lowest BCUT2D eigenvalue weighted by Gasteiger charge is -2.34. The minimum atomic E-state index is -0.571. The third kappa shape index (κ3) is 8.31. The quantitative estimate of drug-likeness (QED) is 0.309. The Morgan fingerprint density at radius 2 is 1.35 bits per heavy atom. The number of benzene rings is 1. The molecule has 1 unspecified atom stereocenters. The van der Waals surface area contributed by atoms with Crippen LogP contribution in [0.4, 0.5) is 4.39 Å². The van der Waals surface area contributed by atoms with Crippen LogP contribution < -0.4 is 9.47 Å². The molecule has 31 heavy (non-hydrogen) atoms. The number of hydrogen-bond acceptors (Lipinski definition) is 2. The van der Waals surface area contributed by atoms with Gasteiger partial charge in [0.2, 0.25) is 0 Å². The normalized spacial score (nSPS) is 27.6. The third-order valence-corrected chi connectivity index (χ3v) is 7.70. The largest absolute Gasteiger partial charge is 0.494 e. The summed E-state index contributed by atoms with van der Waals surface area (Å²) in [6.45, 7) is 6.00. The van der Waals surface area contributed by atoms with Crippen LogP contribution in [0.1, 0.15) is 97.3 Å². The fourth-order valence-corrected chi connectivity index (χ4v) is 5.57. The molecule has 2 nitrogen and oxygen atoms in total. The van der Waals surface area contributed by atoms with Crippen LogP contribution in [0.2, 0.25) is 0 Å². The summed E-state index contributed by atoms with van der Waals surface area (Å²) in [5.41, 5.74) is 0. The summed E-state index contributed by atoms with van der Waals surface area (Å²) in [5, 5.41) is 0. The highest BCUT2D eigenvalue weighted by Crippen LogP contribution is 2.39. The van der Waals surface area contributed by atoms with Crippen LogP contribution in [0.5, 0.6) is 11.5 Å². The van der Waals surface area contributed by atoms with E-state index in [-0.39, 0.29) is 0 Å². The molecule has 2 fully saturated rings. The zero-order chi connectivity index (χ0) is 21.9. The summed E-state index contributed by atoms with van der Waals surface area (Å²) in [6.07, 6.45) is 14.5. The maximum Gasteiger partial charge on any atom is 0.119 e. The lowest BCUT2D eigenvalue weighted by Crippen LogP contribution is -2.27. The van der Waals surface area contributed by atoms with Gasteiger partial charge in [0.05, 0.1) is 13.2 Å². The standard InChI is InChI=1S/C28H45FO2/c1-3-5-19-30-26-15-17-27(18-16-26)31-21-24-9-7-23(8-10-24)20-28(29)25-13-11-22(6-4-2)12-14-25/h15-18,22-25,28H,3-14,19-21H2,1-2H3. The van der Waals surface area contributed by atoms with Crippen molar-refractivity contribution in [2.45, 2.75) is 103 Å². The van der Waals surface area contributed by atoms with Crippen molar-refractivity contribution in [1.82, 2.24) is 0 Å². The van der Waals surface area contributed by atoms with Crippen LogP contribution in [-0.2, 0) is 0 Å². The first-order chi connectivity index (χ1) is 15.2. The second-order valence-electron chi connectivity index (χ2n) is 10.2. The number of rotatable bonds is 12. The van der Waals surface area contributed by atoms with Gasteiger partial charge in [-0.15, -0.1) is 0 Å². The zero-order valence-electron chi connectivity index (χ0n) is 20.0. The van der Waals surface area contributed by atoms with Crippen molar-refractivity contribution < 1.29 is 13.9 Å². The van der Waals surface area contributed by atoms with Crippen molar-refractivity contribution >= 4 is 0 Å². The SMILES string of the molecule is CCCCOc1ccc(OCC2CCC(CC(F)C3CCC(CCC)CC3)CC2)cc1. The third-order valence-electron chi connectivity index (χ3n) is 7.70. The molecule has 176 valence electrons. The fourth-order valence-electron chi connectivity index (χ4n) is 5.57. The van der Waals surface area contributed by atoms with E-state index >= 15 is 0 Å². The van der Waals surface area contributed by atoms with Gasteiger partial charge in [-0.25, -0.2) is 4.39 Å². The minimum absolute atomic E-state index is 0.336. The molecule has 2 aliphatic carbocycles. The smallest absolute Gasteiger partial charge is 0.119 e. The topological polar surface area (TPSA) is 18.5 Å². The van der Waals surface area contributed by atoms with Gasteiger partial charge in [0, 0.05) is 0 Å². The molecule has 3 heteroatoms. The molecule has 0 N–H and O–H groups in total. The van der Waals surface area contributed by atoms with E-state index in [9.17, 15) is 4.39 Å². The van der Waals surface area contributed by atoms with Gasteiger partial charge < -0.3 is 9.47 Å². The van der Waals surface area contributed by atoms with E-state index in [1.54, 1.807) is 0 Å². The van der Waals surface area contributed by atoms with Crippen molar-refractivity contribution in [3.05, 3.63) is 24.3 Å². The first-order valence-corrected chi connectivity index (χ1v) is 13.2. The molecule has 0 aliphatic heterocycles. The first-order valence-electron chi connectivity index (χ1n) is 13.2. The molecule has 0 bridgehead atoms. The Morgan fingerprint density at radius 3 is 1.97 bits per heavy atom. The van der Waals surface area contributed by atoms with E-state index in [1.165, 1.54) is 51.4 Å². The number of alkyl halides is 1. The second kappa shape index (κ2) is 13.3. The molecule has 2 aliphatic rings. The molecular formula is C28H45FO2. The van der Waals surface area contributed by atoms with Crippen LogP contribution >= 0.6 is 0 Å². The molecular weight excluding hydrogens is 387 g/mol. The zero-order valence-corrected chi connectivity index (χ0v) is 20.0. The monoisotopic (exact) mass is 432 g/mol. The molecule has 1 aromatic carbocycles. The summed E-state index contributed by atoms with van der Waals surface area (Å²) < 4.78 is 26.7. The van der Waals surface area contributed by atoms with Gasteiger partial charge in [-0.3, -0.25) is 0 Å². The number of halogens is 1. The van der Waals surface area contributed by atoms with E-state index in [0.717, 1.165) is 62.7 Å². The Hall–Kier alpha value is -1.25. The fraction of sp³-hybridized carbons (Fsp3) is 0.786. The molecule has 0 amide bonds. The van der Waals surface area contributed by atoms with E-state index in [2.05, 4.69) is 13.8 Å². The molecule has 0 heterocycles. The van der Waals surface area contributed by atoms with E-state index in [0.29, 0.717) is 17.8 Å². The van der Waals surface area contributed by atoms with Crippen molar-refractivity contribution in [3.63, 3.8) is 0 Å². The van der Waals surface area contributed by atoms with Crippen molar-refractivity contribution in [2.24, 2.45) is 23.7 Å². The lowest BCUT2D eigenvalue weighted by molar-refractivity contribution is 0.107. The Balaban J connectivity index is 1.30. The number of unbranched alkanes of at least 4 members (excludes halogenated alkanes) is 1. The van der Waals surface area contributed by atoms with Crippen LogP contribution in [0.25, 0.3) is 0 Å². The van der Waals surface area contributed by atoms with Crippen LogP contribution in [-0.4, -0.2) is 19.4 Å². The minimum Gasteiger partial charge on any atom is -0.494 e. The van der Waals surface area contributed by atoms with Gasteiger partial charge in [0.1, 0.15) is 17.7 Å². The molecule has 0 saturated heterocycles. The van der Waals surface area contributed by atoms with Crippen molar-refractivity contribution in [1.29, 1.82) is 0 Å². The highest BCUT2D eigenvalue weighted by Gasteiger charge is 2.30. The first kappa shape index (κ1) is 24.4. The van der Waals surface area contributed by atoms with E-state index < -0.39 is 6.17 Å². The maximum absolute atomic E-state index is 14.9. The summed E-state index contributed by atoms with van der Waals surface area (Å²) in [4.78, 5) is 0. The van der Waals surface area contributed by atoms with Gasteiger partial charge in [-0.05, 0) is 99.3 Å². The predicted octanol–water partition coefficient (Wildman–Crippen LogP) is 8.39. The molecule has 1 aromatic rings.